The molecule has 1 aliphatic heterocycles. The maximum absolute atomic E-state index is 14.2. The van der Waals surface area contributed by atoms with E-state index in [1.807, 2.05) is 53.4 Å². The molecule has 0 unspecified atom stereocenters. The van der Waals surface area contributed by atoms with Crippen molar-refractivity contribution in [2.24, 2.45) is 0 Å². The average Bonchev–Trinajstić information content (AvgIpc) is 2.93. The summed E-state index contributed by atoms with van der Waals surface area (Å²) in [5.41, 5.74) is 2.69. The highest BCUT2D eigenvalue weighted by Crippen LogP contribution is 2.46. The van der Waals surface area contributed by atoms with Crippen molar-refractivity contribution in [2.45, 2.75) is 50.1 Å². The molecule has 1 N–H and O–H groups in total. The van der Waals surface area contributed by atoms with Crippen LogP contribution in [0.4, 0.5) is 5.69 Å². The fourth-order valence-electron chi connectivity index (χ4n) is 5.74. The number of rotatable bonds is 6. The summed E-state index contributed by atoms with van der Waals surface area (Å²) in [4.78, 5) is 30.2. The fraction of sp³-hybridized carbons (Fsp3) is 0.333. The molecule has 192 valence electrons. The van der Waals surface area contributed by atoms with Crippen LogP contribution < -0.4 is 14.8 Å². The van der Waals surface area contributed by atoms with Gasteiger partial charge in [-0.25, -0.2) is 0 Å². The summed E-state index contributed by atoms with van der Waals surface area (Å²) >= 11 is 6.25. The van der Waals surface area contributed by atoms with Crippen molar-refractivity contribution < 1.29 is 19.1 Å². The van der Waals surface area contributed by atoms with Crippen molar-refractivity contribution in [3.8, 4) is 11.5 Å². The van der Waals surface area contributed by atoms with Gasteiger partial charge in [-0.2, -0.15) is 0 Å². The zero-order valence-corrected chi connectivity index (χ0v) is 21.8. The molecule has 2 aliphatic rings. The molecule has 1 saturated carbocycles. The quantitative estimate of drug-likeness (QED) is 0.398. The lowest BCUT2D eigenvalue weighted by Crippen LogP contribution is -2.51. The molecule has 0 radical (unpaired) electrons. The first kappa shape index (κ1) is 25.2. The third kappa shape index (κ3) is 4.90. The van der Waals surface area contributed by atoms with Crippen LogP contribution in [0.5, 0.6) is 11.5 Å². The van der Waals surface area contributed by atoms with Crippen molar-refractivity contribution in [1.29, 1.82) is 0 Å². The van der Waals surface area contributed by atoms with E-state index in [1.165, 1.54) is 6.42 Å². The Labute approximate surface area is 222 Å². The minimum Gasteiger partial charge on any atom is -0.497 e. The fourth-order valence-corrected chi connectivity index (χ4v) is 5.91. The van der Waals surface area contributed by atoms with Gasteiger partial charge in [0.15, 0.2) is 0 Å². The Balaban J connectivity index is 1.64. The summed E-state index contributed by atoms with van der Waals surface area (Å²) in [6.45, 7) is 0. The van der Waals surface area contributed by atoms with E-state index in [0.29, 0.717) is 22.0 Å². The maximum Gasteiger partial charge on any atom is 0.254 e. The van der Waals surface area contributed by atoms with E-state index in [4.69, 9.17) is 21.1 Å². The molecule has 0 aromatic heterocycles. The number of fused-ring (bicyclic) bond motifs is 1. The highest BCUT2D eigenvalue weighted by molar-refractivity contribution is 6.31. The molecule has 0 spiro atoms. The van der Waals surface area contributed by atoms with Crippen LogP contribution in [0, 0.1) is 0 Å². The van der Waals surface area contributed by atoms with Gasteiger partial charge in [0.1, 0.15) is 11.5 Å². The van der Waals surface area contributed by atoms with Gasteiger partial charge in [-0.05, 0) is 60.4 Å². The standard InChI is InChI=1S/C30H31ClN2O4/c1-36-22-15-12-19(13-16-22)28-27(29(34)32-25-18-20(31)14-17-26(25)37-2)23-10-6-7-11-24(23)30(35)33(28)21-8-4-3-5-9-21/h6-7,10-18,21,27-28H,3-5,8-9H2,1-2H3,(H,32,34)/t27-,28-/m1/s1. The summed E-state index contributed by atoms with van der Waals surface area (Å²) in [5, 5.41) is 3.55. The monoisotopic (exact) mass is 518 g/mol. The first-order chi connectivity index (χ1) is 18.0. The first-order valence-corrected chi connectivity index (χ1v) is 13.1. The van der Waals surface area contributed by atoms with Crippen LogP contribution in [-0.4, -0.2) is 37.0 Å². The van der Waals surface area contributed by atoms with E-state index in [0.717, 1.165) is 42.6 Å². The Morgan fingerprint density at radius 1 is 0.946 bits per heavy atom. The van der Waals surface area contributed by atoms with E-state index < -0.39 is 12.0 Å². The van der Waals surface area contributed by atoms with Gasteiger partial charge in [0.25, 0.3) is 5.91 Å². The largest absolute Gasteiger partial charge is 0.497 e. The molecule has 1 aliphatic carbocycles. The van der Waals surface area contributed by atoms with E-state index in [9.17, 15) is 9.59 Å². The summed E-state index contributed by atoms with van der Waals surface area (Å²) in [6.07, 6.45) is 5.17. The Bertz CT molecular complexity index is 1290. The lowest BCUT2D eigenvalue weighted by Gasteiger charge is -2.46. The van der Waals surface area contributed by atoms with Crippen molar-refractivity contribution in [1.82, 2.24) is 4.90 Å². The van der Waals surface area contributed by atoms with Crippen LogP contribution in [0.2, 0.25) is 5.02 Å². The second kappa shape index (κ2) is 10.9. The average molecular weight is 519 g/mol. The molecular formula is C30H31ClN2O4. The number of amides is 2. The highest BCUT2D eigenvalue weighted by atomic mass is 35.5. The third-order valence-corrected chi connectivity index (χ3v) is 7.74. The van der Waals surface area contributed by atoms with Gasteiger partial charge >= 0.3 is 0 Å². The van der Waals surface area contributed by atoms with Gasteiger partial charge in [0.05, 0.1) is 31.9 Å². The molecule has 37 heavy (non-hydrogen) atoms. The van der Waals surface area contributed by atoms with Crippen molar-refractivity contribution in [3.05, 3.63) is 88.4 Å². The topological polar surface area (TPSA) is 67.9 Å². The van der Waals surface area contributed by atoms with Gasteiger partial charge in [-0.15, -0.1) is 0 Å². The molecule has 2 atom stereocenters. The second-order valence-electron chi connectivity index (χ2n) is 9.62. The number of nitrogens with one attached hydrogen (secondary N) is 1. The lowest BCUT2D eigenvalue weighted by atomic mass is 9.77. The number of methoxy groups -OCH3 is 2. The molecule has 0 bridgehead atoms. The second-order valence-corrected chi connectivity index (χ2v) is 10.1. The summed E-state index contributed by atoms with van der Waals surface area (Å²) in [6, 6.07) is 19.9. The Kier molecular flexibility index (Phi) is 7.38. The maximum atomic E-state index is 14.2. The highest BCUT2D eigenvalue weighted by Gasteiger charge is 2.46. The molecule has 7 heteroatoms. The number of nitrogens with zero attached hydrogens (tertiary/aromatic N) is 1. The number of carbonyl (C=O) groups excluding carboxylic acids is 2. The van der Waals surface area contributed by atoms with Gasteiger partial charge in [0, 0.05) is 16.6 Å². The molecule has 3 aromatic carbocycles. The van der Waals surface area contributed by atoms with Gasteiger partial charge in [-0.1, -0.05) is 61.2 Å². The Morgan fingerprint density at radius 3 is 2.38 bits per heavy atom. The molecular weight excluding hydrogens is 488 g/mol. The van der Waals surface area contributed by atoms with E-state index >= 15 is 0 Å². The number of anilines is 1. The van der Waals surface area contributed by atoms with E-state index in [-0.39, 0.29) is 17.9 Å². The van der Waals surface area contributed by atoms with Crippen molar-refractivity contribution >= 4 is 29.1 Å². The number of hydrogen-bond donors (Lipinski definition) is 1. The minimum absolute atomic E-state index is 0.0206. The molecule has 1 fully saturated rings. The van der Waals surface area contributed by atoms with Crippen LogP contribution in [0.3, 0.4) is 0 Å². The molecule has 6 nitrogen and oxygen atoms in total. The van der Waals surface area contributed by atoms with Crippen molar-refractivity contribution in [3.63, 3.8) is 0 Å². The van der Waals surface area contributed by atoms with E-state index in [2.05, 4.69) is 5.32 Å². The molecule has 0 saturated heterocycles. The van der Waals surface area contributed by atoms with Crippen LogP contribution in [-0.2, 0) is 4.79 Å². The molecule has 1 heterocycles. The molecule has 5 rings (SSSR count). The van der Waals surface area contributed by atoms with Crippen LogP contribution in [0.1, 0.15) is 65.5 Å². The lowest BCUT2D eigenvalue weighted by molar-refractivity contribution is -0.119. The molecule has 2 amide bonds. The smallest absolute Gasteiger partial charge is 0.254 e. The van der Waals surface area contributed by atoms with E-state index in [1.54, 1.807) is 32.4 Å². The van der Waals surface area contributed by atoms with Gasteiger partial charge < -0.3 is 19.7 Å². The SMILES string of the molecule is COc1ccc([C@@H]2[C@H](C(=O)Nc3cc(Cl)ccc3OC)c3ccccc3C(=O)N2C2CCCCC2)cc1. The number of halogens is 1. The number of hydrogen-bond acceptors (Lipinski definition) is 4. The number of carbonyl (C=O) groups is 2. The first-order valence-electron chi connectivity index (χ1n) is 12.7. The van der Waals surface area contributed by atoms with Crippen LogP contribution in [0.15, 0.2) is 66.7 Å². The van der Waals surface area contributed by atoms with Crippen LogP contribution >= 0.6 is 11.6 Å². The Morgan fingerprint density at radius 2 is 1.68 bits per heavy atom. The van der Waals surface area contributed by atoms with Gasteiger partial charge in [-0.3, -0.25) is 9.59 Å². The summed E-state index contributed by atoms with van der Waals surface area (Å²) < 4.78 is 10.9. The van der Waals surface area contributed by atoms with Crippen molar-refractivity contribution in [2.75, 3.05) is 19.5 Å². The third-order valence-electron chi connectivity index (χ3n) is 7.50. The zero-order valence-electron chi connectivity index (χ0n) is 21.1. The predicted molar refractivity (Wildman–Crippen MR) is 145 cm³/mol. The van der Waals surface area contributed by atoms with Gasteiger partial charge in [0.2, 0.25) is 5.91 Å². The summed E-state index contributed by atoms with van der Waals surface area (Å²) in [7, 11) is 3.18. The number of benzene rings is 3. The predicted octanol–water partition coefficient (Wildman–Crippen LogP) is 6.61. The normalized spacial score (nSPS) is 19.8. The Hall–Kier alpha value is -3.51. The minimum atomic E-state index is -0.632. The zero-order chi connectivity index (χ0) is 25.9. The van der Waals surface area contributed by atoms with Crippen LogP contribution in [0.25, 0.3) is 0 Å². The summed E-state index contributed by atoms with van der Waals surface area (Å²) in [5.74, 6) is 0.367. The number of ether oxygens (including phenoxy) is 2. The molecule has 3 aromatic rings.